The van der Waals surface area contributed by atoms with Gasteiger partial charge in [-0.2, -0.15) is 0 Å². The molecule has 2 N–H and O–H groups in total. The minimum atomic E-state index is -0.562. The van der Waals surface area contributed by atoms with Crippen LogP contribution in [0.15, 0.2) is 18.2 Å². The summed E-state index contributed by atoms with van der Waals surface area (Å²) < 4.78 is 0. The molecule has 0 bridgehead atoms. The Kier molecular flexibility index (Phi) is 8.40. The third-order valence-corrected chi connectivity index (χ3v) is 7.66. The van der Waals surface area contributed by atoms with Gasteiger partial charge in [0, 0.05) is 36.3 Å². The SMILES string of the molecule is O=C1CCC(N2Cc3c(NCCCCCCCC4CCCCCC4)cccc3C2=O)C(=O)N1. The van der Waals surface area contributed by atoms with Crippen LogP contribution in [0, 0.1) is 5.92 Å². The molecule has 6 nitrogen and oxygen atoms in total. The minimum Gasteiger partial charge on any atom is -0.385 e. The Morgan fingerprint density at radius 1 is 0.909 bits per heavy atom. The third kappa shape index (κ3) is 6.15. The van der Waals surface area contributed by atoms with Gasteiger partial charge in [-0.1, -0.05) is 76.7 Å². The standard InChI is InChI=1S/C27H39N3O3/c31-25-17-16-24(26(32)29-25)30-19-22-21(27(30)33)14-10-15-23(22)28-18-9-5-1-2-6-11-20-12-7-3-4-8-13-20/h10,14-15,20,24,28H,1-9,11-13,16-19H2,(H,29,31,32). The quantitative estimate of drug-likeness (QED) is 0.291. The van der Waals surface area contributed by atoms with Crippen molar-refractivity contribution in [1.82, 2.24) is 10.2 Å². The number of amides is 3. The van der Waals surface area contributed by atoms with Crippen LogP contribution in [0.5, 0.6) is 0 Å². The van der Waals surface area contributed by atoms with Crippen LogP contribution >= 0.6 is 0 Å². The lowest BCUT2D eigenvalue weighted by molar-refractivity contribution is -0.136. The number of fused-ring (bicyclic) bond motifs is 1. The largest absolute Gasteiger partial charge is 0.385 e. The molecule has 2 fully saturated rings. The average Bonchev–Trinajstić information content (AvgIpc) is 2.97. The van der Waals surface area contributed by atoms with Crippen molar-refractivity contribution in [2.24, 2.45) is 5.92 Å². The Bertz CT molecular complexity index is 845. The first-order valence-electron chi connectivity index (χ1n) is 13.1. The van der Waals surface area contributed by atoms with Gasteiger partial charge in [0.2, 0.25) is 11.8 Å². The zero-order chi connectivity index (χ0) is 23.0. The lowest BCUT2D eigenvalue weighted by Gasteiger charge is -2.29. The summed E-state index contributed by atoms with van der Waals surface area (Å²) in [6.07, 6.45) is 17.1. The first-order chi connectivity index (χ1) is 16.1. The number of unbranched alkanes of at least 4 members (excludes halogenated alkanes) is 4. The van der Waals surface area contributed by atoms with Crippen LogP contribution in [0.2, 0.25) is 0 Å². The fraction of sp³-hybridized carbons (Fsp3) is 0.667. The van der Waals surface area contributed by atoms with E-state index >= 15 is 0 Å². The first kappa shape index (κ1) is 23.8. The summed E-state index contributed by atoms with van der Waals surface area (Å²) >= 11 is 0. The van der Waals surface area contributed by atoms with E-state index in [0.717, 1.165) is 30.1 Å². The molecule has 180 valence electrons. The van der Waals surface area contributed by atoms with Gasteiger partial charge in [-0.3, -0.25) is 19.7 Å². The van der Waals surface area contributed by atoms with Gasteiger partial charge in [0.15, 0.2) is 0 Å². The molecule has 1 aromatic rings. The summed E-state index contributed by atoms with van der Waals surface area (Å²) in [4.78, 5) is 38.2. The van der Waals surface area contributed by atoms with Crippen molar-refractivity contribution in [3.8, 4) is 0 Å². The number of nitrogens with one attached hydrogen (secondary N) is 2. The number of carbonyl (C=O) groups is 3. The van der Waals surface area contributed by atoms with Crippen LogP contribution in [-0.2, 0) is 16.1 Å². The highest BCUT2D eigenvalue weighted by Gasteiger charge is 2.39. The van der Waals surface area contributed by atoms with Gasteiger partial charge in [-0.25, -0.2) is 0 Å². The van der Waals surface area contributed by atoms with Crippen LogP contribution < -0.4 is 10.6 Å². The van der Waals surface area contributed by atoms with Gasteiger partial charge in [0.05, 0.1) is 0 Å². The van der Waals surface area contributed by atoms with Crippen molar-refractivity contribution < 1.29 is 14.4 Å². The number of nitrogens with zero attached hydrogens (tertiary/aromatic N) is 1. The van der Waals surface area contributed by atoms with Gasteiger partial charge in [-0.15, -0.1) is 0 Å². The topological polar surface area (TPSA) is 78.5 Å². The smallest absolute Gasteiger partial charge is 0.255 e. The van der Waals surface area contributed by atoms with E-state index < -0.39 is 6.04 Å². The number of hydrogen-bond acceptors (Lipinski definition) is 4. The summed E-state index contributed by atoms with van der Waals surface area (Å²) in [5.41, 5.74) is 2.63. The summed E-state index contributed by atoms with van der Waals surface area (Å²) in [6.45, 7) is 1.32. The molecule has 1 atom stereocenters. The molecule has 1 aromatic carbocycles. The molecule has 1 saturated carbocycles. The molecule has 3 amide bonds. The lowest BCUT2D eigenvalue weighted by atomic mass is 9.93. The molecule has 1 saturated heterocycles. The molecule has 2 heterocycles. The van der Waals surface area contributed by atoms with Crippen LogP contribution in [0.3, 0.4) is 0 Å². The van der Waals surface area contributed by atoms with Gasteiger partial charge in [0.1, 0.15) is 6.04 Å². The summed E-state index contributed by atoms with van der Waals surface area (Å²) in [6, 6.07) is 5.20. The fourth-order valence-electron chi connectivity index (χ4n) is 5.72. The normalized spacial score (nSPS) is 21.6. The van der Waals surface area contributed by atoms with Crippen molar-refractivity contribution in [2.75, 3.05) is 11.9 Å². The van der Waals surface area contributed by atoms with E-state index in [1.807, 2.05) is 18.2 Å². The molecule has 4 rings (SSSR count). The molecule has 3 aliphatic rings. The average molecular weight is 454 g/mol. The molecule has 6 heteroatoms. The van der Waals surface area contributed by atoms with Crippen molar-refractivity contribution in [2.45, 2.75) is 102 Å². The van der Waals surface area contributed by atoms with Gasteiger partial charge in [0.25, 0.3) is 5.91 Å². The van der Waals surface area contributed by atoms with E-state index in [9.17, 15) is 14.4 Å². The molecule has 0 radical (unpaired) electrons. The number of hydrogen-bond donors (Lipinski definition) is 2. The Morgan fingerprint density at radius 3 is 2.45 bits per heavy atom. The van der Waals surface area contributed by atoms with Gasteiger partial charge < -0.3 is 10.2 Å². The molecule has 0 spiro atoms. The Labute approximate surface area is 197 Å². The predicted octanol–water partition coefficient (Wildman–Crippen LogP) is 5.17. The molecule has 1 aliphatic carbocycles. The fourth-order valence-corrected chi connectivity index (χ4v) is 5.72. The molecule has 2 aliphatic heterocycles. The number of piperidine rings is 1. The van der Waals surface area contributed by atoms with E-state index in [4.69, 9.17) is 0 Å². The number of anilines is 1. The van der Waals surface area contributed by atoms with E-state index in [0.29, 0.717) is 18.5 Å². The highest BCUT2D eigenvalue weighted by molar-refractivity contribution is 6.06. The number of benzene rings is 1. The lowest BCUT2D eigenvalue weighted by Crippen LogP contribution is -2.52. The zero-order valence-corrected chi connectivity index (χ0v) is 19.9. The molecular weight excluding hydrogens is 414 g/mol. The first-order valence-corrected chi connectivity index (χ1v) is 13.1. The summed E-state index contributed by atoms with van der Waals surface area (Å²) in [5.74, 6) is 0.252. The van der Waals surface area contributed by atoms with E-state index in [-0.39, 0.29) is 24.1 Å². The second kappa shape index (κ2) is 11.7. The van der Waals surface area contributed by atoms with Gasteiger partial charge in [-0.05, 0) is 30.9 Å². The second-order valence-corrected chi connectivity index (χ2v) is 10.1. The Balaban J connectivity index is 1.18. The predicted molar refractivity (Wildman–Crippen MR) is 130 cm³/mol. The second-order valence-electron chi connectivity index (χ2n) is 10.1. The third-order valence-electron chi connectivity index (χ3n) is 7.66. The van der Waals surface area contributed by atoms with Crippen molar-refractivity contribution in [1.29, 1.82) is 0 Å². The maximum Gasteiger partial charge on any atom is 0.255 e. The zero-order valence-electron chi connectivity index (χ0n) is 19.9. The monoisotopic (exact) mass is 453 g/mol. The van der Waals surface area contributed by atoms with Crippen molar-refractivity contribution in [3.05, 3.63) is 29.3 Å². The summed E-state index contributed by atoms with van der Waals surface area (Å²) in [7, 11) is 0. The van der Waals surface area contributed by atoms with E-state index in [1.165, 1.54) is 70.6 Å². The minimum absolute atomic E-state index is 0.114. The van der Waals surface area contributed by atoms with Crippen molar-refractivity contribution in [3.63, 3.8) is 0 Å². The maximum absolute atomic E-state index is 12.9. The summed E-state index contributed by atoms with van der Waals surface area (Å²) in [5, 5.41) is 5.89. The number of imide groups is 1. The number of rotatable bonds is 10. The highest BCUT2D eigenvalue weighted by Crippen LogP contribution is 2.32. The van der Waals surface area contributed by atoms with E-state index in [1.54, 1.807) is 4.90 Å². The van der Waals surface area contributed by atoms with E-state index in [2.05, 4.69) is 10.6 Å². The molecular formula is C27H39N3O3. The van der Waals surface area contributed by atoms with Crippen LogP contribution in [0.4, 0.5) is 5.69 Å². The highest BCUT2D eigenvalue weighted by atomic mass is 16.2. The van der Waals surface area contributed by atoms with Crippen LogP contribution in [-0.4, -0.2) is 35.2 Å². The molecule has 1 unspecified atom stereocenters. The molecule has 0 aromatic heterocycles. The Morgan fingerprint density at radius 2 is 1.67 bits per heavy atom. The van der Waals surface area contributed by atoms with Gasteiger partial charge >= 0.3 is 0 Å². The van der Waals surface area contributed by atoms with Crippen LogP contribution in [0.25, 0.3) is 0 Å². The number of carbonyl (C=O) groups excluding carboxylic acids is 3. The maximum atomic E-state index is 12.9. The van der Waals surface area contributed by atoms with Crippen LogP contribution in [0.1, 0.15) is 106 Å². The van der Waals surface area contributed by atoms with Crippen molar-refractivity contribution >= 4 is 23.4 Å². The molecule has 33 heavy (non-hydrogen) atoms. The Hall–Kier alpha value is -2.37.